The average Bonchev–Trinajstić information content (AvgIpc) is 3.24. The van der Waals surface area contributed by atoms with E-state index in [2.05, 4.69) is 4.98 Å². The van der Waals surface area contributed by atoms with Gasteiger partial charge in [-0.15, -0.1) is 0 Å². The first kappa shape index (κ1) is 26.7. The van der Waals surface area contributed by atoms with Crippen molar-refractivity contribution in [3.8, 4) is 5.69 Å². The molecule has 4 rings (SSSR count). The molecule has 3 nitrogen and oxygen atoms in total. The molecule has 0 spiro atoms. The van der Waals surface area contributed by atoms with Crippen LogP contribution in [0.3, 0.4) is 0 Å². The average molecular weight is 547 g/mol. The predicted molar refractivity (Wildman–Crippen MR) is 143 cm³/mol. The highest BCUT2D eigenvalue weighted by atomic mass is 35.5. The summed E-state index contributed by atoms with van der Waals surface area (Å²) in [6.45, 7) is 7.35. The standard InChI is InChI=1S/C28H26Cl2F2N2OS/c1-27(2,17-8-13-22(29)23(30)14-17)25-15-33-26(34(25)19-11-9-18(31)10-12-19)36-16-20-21(28(3,4)35)6-5-7-24(20)32/h5-15,35H,16H2,1-4H3. The fourth-order valence-corrected chi connectivity index (χ4v) is 5.49. The second-order valence-electron chi connectivity index (χ2n) is 9.61. The van der Waals surface area contributed by atoms with E-state index in [1.165, 1.54) is 30.0 Å². The van der Waals surface area contributed by atoms with E-state index >= 15 is 0 Å². The molecule has 0 radical (unpaired) electrons. The van der Waals surface area contributed by atoms with Crippen LogP contribution in [0.2, 0.25) is 10.0 Å². The maximum absolute atomic E-state index is 14.8. The lowest BCUT2D eigenvalue weighted by atomic mass is 9.81. The molecule has 0 saturated carbocycles. The van der Waals surface area contributed by atoms with Gasteiger partial charge in [-0.1, -0.05) is 67.0 Å². The van der Waals surface area contributed by atoms with E-state index < -0.39 is 16.8 Å². The Balaban J connectivity index is 1.80. The van der Waals surface area contributed by atoms with E-state index in [1.54, 1.807) is 50.4 Å². The predicted octanol–water partition coefficient (Wildman–Crippen LogP) is 8.30. The molecule has 3 aromatic carbocycles. The molecule has 0 atom stereocenters. The third kappa shape index (κ3) is 5.32. The first-order valence-corrected chi connectivity index (χ1v) is 13.1. The molecule has 0 fully saturated rings. The summed E-state index contributed by atoms with van der Waals surface area (Å²) in [6, 6.07) is 16.3. The van der Waals surface area contributed by atoms with Crippen LogP contribution in [0, 0.1) is 11.6 Å². The second-order valence-corrected chi connectivity index (χ2v) is 11.4. The lowest BCUT2D eigenvalue weighted by Gasteiger charge is -2.28. The van der Waals surface area contributed by atoms with E-state index in [9.17, 15) is 13.9 Å². The van der Waals surface area contributed by atoms with Crippen LogP contribution in [-0.2, 0) is 16.8 Å². The normalized spacial score (nSPS) is 12.2. The van der Waals surface area contributed by atoms with Crippen molar-refractivity contribution in [3.05, 3.63) is 111 Å². The number of hydrogen-bond donors (Lipinski definition) is 1. The summed E-state index contributed by atoms with van der Waals surface area (Å²) in [6.07, 6.45) is 1.77. The van der Waals surface area contributed by atoms with Crippen molar-refractivity contribution in [3.63, 3.8) is 0 Å². The van der Waals surface area contributed by atoms with Gasteiger partial charge in [0.1, 0.15) is 11.6 Å². The third-order valence-corrected chi connectivity index (χ3v) is 7.94. The van der Waals surface area contributed by atoms with Crippen LogP contribution in [0.4, 0.5) is 8.78 Å². The van der Waals surface area contributed by atoms with Crippen LogP contribution in [0.25, 0.3) is 5.69 Å². The molecular weight excluding hydrogens is 521 g/mol. The van der Waals surface area contributed by atoms with Crippen molar-refractivity contribution in [1.29, 1.82) is 0 Å². The summed E-state index contributed by atoms with van der Waals surface area (Å²) >= 11 is 13.8. The molecule has 0 saturated heterocycles. The Labute approximate surface area is 224 Å². The highest BCUT2D eigenvalue weighted by Gasteiger charge is 2.30. The minimum absolute atomic E-state index is 0.247. The zero-order valence-corrected chi connectivity index (χ0v) is 22.6. The van der Waals surface area contributed by atoms with Crippen LogP contribution in [0.15, 0.2) is 72.0 Å². The molecular formula is C28H26Cl2F2N2OS. The fourth-order valence-electron chi connectivity index (χ4n) is 4.17. The molecule has 0 bridgehead atoms. The zero-order chi connectivity index (χ0) is 26.3. The quantitative estimate of drug-likeness (QED) is 0.237. The Morgan fingerprint density at radius 2 is 1.64 bits per heavy atom. The highest BCUT2D eigenvalue weighted by Crippen LogP contribution is 2.39. The molecule has 0 aliphatic rings. The summed E-state index contributed by atoms with van der Waals surface area (Å²) in [5, 5.41) is 12.1. The molecule has 8 heteroatoms. The molecule has 0 unspecified atom stereocenters. The van der Waals surface area contributed by atoms with Crippen LogP contribution < -0.4 is 0 Å². The van der Waals surface area contributed by atoms with Gasteiger partial charge >= 0.3 is 0 Å². The number of aromatic nitrogens is 2. The summed E-state index contributed by atoms with van der Waals surface area (Å²) in [5.74, 6) is -0.491. The van der Waals surface area contributed by atoms with Crippen molar-refractivity contribution >= 4 is 35.0 Å². The lowest BCUT2D eigenvalue weighted by Crippen LogP contribution is -2.23. The van der Waals surface area contributed by atoms with Gasteiger partial charge in [-0.25, -0.2) is 13.8 Å². The fraction of sp³-hybridized carbons (Fsp3) is 0.250. The minimum Gasteiger partial charge on any atom is -0.386 e. The monoisotopic (exact) mass is 546 g/mol. The van der Waals surface area contributed by atoms with E-state index in [1.807, 2.05) is 30.5 Å². The molecule has 0 amide bonds. The van der Waals surface area contributed by atoms with E-state index in [0.717, 1.165) is 16.9 Å². The van der Waals surface area contributed by atoms with E-state index in [-0.39, 0.29) is 11.6 Å². The van der Waals surface area contributed by atoms with Crippen molar-refractivity contribution in [2.75, 3.05) is 0 Å². The van der Waals surface area contributed by atoms with Gasteiger partial charge in [0, 0.05) is 22.4 Å². The summed E-state index contributed by atoms with van der Waals surface area (Å²) in [4.78, 5) is 4.67. The number of rotatable bonds is 7. The van der Waals surface area contributed by atoms with Crippen molar-refractivity contribution in [2.24, 2.45) is 0 Å². The van der Waals surface area contributed by atoms with Gasteiger partial charge in [0.15, 0.2) is 5.16 Å². The molecule has 1 heterocycles. The smallest absolute Gasteiger partial charge is 0.173 e. The molecule has 0 aliphatic carbocycles. The molecule has 1 aromatic heterocycles. The summed E-state index contributed by atoms with van der Waals surface area (Å²) in [5.41, 5.74) is 1.66. The van der Waals surface area contributed by atoms with Crippen LogP contribution in [0.1, 0.15) is 50.1 Å². The highest BCUT2D eigenvalue weighted by molar-refractivity contribution is 7.98. The van der Waals surface area contributed by atoms with Gasteiger partial charge in [0.2, 0.25) is 0 Å². The van der Waals surface area contributed by atoms with Crippen molar-refractivity contribution in [1.82, 2.24) is 9.55 Å². The molecule has 36 heavy (non-hydrogen) atoms. The number of hydrogen-bond acceptors (Lipinski definition) is 3. The number of thioether (sulfide) groups is 1. The van der Waals surface area contributed by atoms with E-state index in [0.29, 0.717) is 26.3 Å². The lowest BCUT2D eigenvalue weighted by molar-refractivity contribution is 0.0774. The number of imidazole rings is 1. The molecule has 1 N–H and O–H groups in total. The molecule has 0 aliphatic heterocycles. The van der Waals surface area contributed by atoms with Gasteiger partial charge in [-0.05, 0) is 67.4 Å². The number of nitrogens with zero attached hydrogens (tertiary/aromatic N) is 2. The number of aliphatic hydroxyl groups is 1. The van der Waals surface area contributed by atoms with Crippen molar-refractivity contribution in [2.45, 2.75) is 49.6 Å². The summed E-state index contributed by atoms with van der Waals surface area (Å²) in [7, 11) is 0. The third-order valence-electron chi connectivity index (χ3n) is 6.22. The molecule has 188 valence electrons. The Bertz CT molecular complexity index is 1400. The first-order valence-electron chi connectivity index (χ1n) is 11.3. The minimum atomic E-state index is -1.20. The van der Waals surface area contributed by atoms with Crippen LogP contribution in [0.5, 0.6) is 0 Å². The maximum Gasteiger partial charge on any atom is 0.173 e. The van der Waals surface area contributed by atoms with Crippen LogP contribution in [-0.4, -0.2) is 14.7 Å². The topological polar surface area (TPSA) is 38.1 Å². The van der Waals surface area contributed by atoms with Gasteiger partial charge in [0.25, 0.3) is 0 Å². The number of halogens is 4. The second kappa shape index (κ2) is 10.2. The van der Waals surface area contributed by atoms with Gasteiger partial charge in [-0.3, -0.25) is 4.57 Å². The molecule has 4 aromatic rings. The van der Waals surface area contributed by atoms with Crippen LogP contribution >= 0.6 is 35.0 Å². The largest absolute Gasteiger partial charge is 0.386 e. The number of benzene rings is 3. The Morgan fingerprint density at radius 1 is 0.944 bits per heavy atom. The summed E-state index contributed by atoms with van der Waals surface area (Å²) < 4.78 is 30.5. The van der Waals surface area contributed by atoms with E-state index in [4.69, 9.17) is 23.2 Å². The van der Waals surface area contributed by atoms with Gasteiger partial charge in [-0.2, -0.15) is 0 Å². The van der Waals surface area contributed by atoms with Crippen molar-refractivity contribution < 1.29 is 13.9 Å². The Kier molecular flexibility index (Phi) is 7.54. The maximum atomic E-state index is 14.8. The van der Waals surface area contributed by atoms with Gasteiger partial charge in [0.05, 0.1) is 27.5 Å². The Hall–Kier alpha value is -2.38. The van der Waals surface area contributed by atoms with Gasteiger partial charge < -0.3 is 5.11 Å². The first-order chi connectivity index (χ1) is 16.9. The zero-order valence-electron chi connectivity index (χ0n) is 20.3. The Morgan fingerprint density at radius 3 is 2.28 bits per heavy atom. The SMILES string of the molecule is CC(C)(O)c1cccc(F)c1CSc1ncc(C(C)(C)c2ccc(Cl)c(Cl)c2)n1-c1ccc(F)cc1.